The molecule has 1 aromatic carbocycles. The molecule has 4 nitrogen and oxygen atoms in total. The third-order valence-corrected chi connectivity index (χ3v) is 5.30. The van der Waals surface area contributed by atoms with Crippen molar-refractivity contribution in [2.45, 2.75) is 57.4 Å². The van der Waals surface area contributed by atoms with Gasteiger partial charge in [-0.05, 0) is 38.3 Å². The Morgan fingerprint density at radius 2 is 1.83 bits per heavy atom. The molecule has 0 unspecified atom stereocenters. The van der Waals surface area contributed by atoms with E-state index in [0.717, 1.165) is 18.5 Å². The highest BCUT2D eigenvalue weighted by Gasteiger charge is 2.34. The zero-order chi connectivity index (χ0) is 16.4. The van der Waals surface area contributed by atoms with Crippen molar-refractivity contribution in [1.82, 2.24) is 9.13 Å². The zero-order valence-electron chi connectivity index (χ0n) is 14.2. The molecule has 2 N–H and O–H groups in total. The molecule has 0 radical (unpaired) electrons. The van der Waals surface area contributed by atoms with Crippen molar-refractivity contribution >= 4 is 0 Å². The summed E-state index contributed by atoms with van der Waals surface area (Å²) in [6, 6.07) is 8.44. The number of rotatable bonds is 4. The van der Waals surface area contributed by atoms with Crippen LogP contribution < -0.4 is 11.4 Å². The van der Waals surface area contributed by atoms with Crippen LogP contribution in [-0.4, -0.2) is 15.7 Å². The summed E-state index contributed by atoms with van der Waals surface area (Å²) in [6.45, 7) is 4.70. The summed E-state index contributed by atoms with van der Waals surface area (Å²) in [4.78, 5) is 12.7. The SMILES string of the molecule is CC(C)n1ccn(-c2ccccc2C2(CN)CCCCC2)c1=O. The van der Waals surface area contributed by atoms with Crippen molar-refractivity contribution in [3.8, 4) is 5.69 Å². The standard InChI is InChI=1S/C19H27N3O/c1-15(2)21-12-13-22(18(21)23)17-9-5-4-8-16(17)19(14-20)10-6-3-7-11-19/h4-5,8-9,12-13,15H,3,6-7,10-11,14,20H2,1-2H3. The Bertz CT molecular complexity index is 720. The Balaban J connectivity index is 2.13. The van der Waals surface area contributed by atoms with Gasteiger partial charge in [-0.2, -0.15) is 0 Å². The van der Waals surface area contributed by atoms with Crippen LogP contribution in [0, 0.1) is 0 Å². The second kappa shape index (κ2) is 6.36. The van der Waals surface area contributed by atoms with Crippen molar-refractivity contribution in [3.63, 3.8) is 0 Å². The second-order valence-corrected chi connectivity index (χ2v) is 7.01. The zero-order valence-corrected chi connectivity index (χ0v) is 14.2. The summed E-state index contributed by atoms with van der Waals surface area (Å²) < 4.78 is 3.55. The van der Waals surface area contributed by atoms with Crippen LogP contribution in [0.5, 0.6) is 0 Å². The summed E-state index contributed by atoms with van der Waals surface area (Å²) in [6.07, 6.45) is 9.70. The Kier molecular flexibility index (Phi) is 4.44. The predicted molar refractivity (Wildman–Crippen MR) is 94.2 cm³/mol. The predicted octanol–water partition coefficient (Wildman–Crippen LogP) is 3.38. The Morgan fingerprint density at radius 3 is 2.43 bits per heavy atom. The Labute approximate surface area is 137 Å². The highest BCUT2D eigenvalue weighted by molar-refractivity contribution is 5.46. The summed E-state index contributed by atoms with van der Waals surface area (Å²) in [7, 11) is 0. The topological polar surface area (TPSA) is 52.9 Å². The molecule has 1 aliphatic rings. The first-order valence-corrected chi connectivity index (χ1v) is 8.68. The molecule has 2 aromatic rings. The van der Waals surface area contributed by atoms with Gasteiger partial charge in [0.05, 0.1) is 5.69 Å². The summed E-state index contributed by atoms with van der Waals surface area (Å²) in [5.74, 6) is 0. The second-order valence-electron chi connectivity index (χ2n) is 7.01. The van der Waals surface area contributed by atoms with E-state index in [2.05, 4.69) is 12.1 Å². The first kappa shape index (κ1) is 16.1. The minimum absolute atomic E-state index is 0.00815. The Morgan fingerprint density at radius 1 is 1.13 bits per heavy atom. The van der Waals surface area contributed by atoms with Crippen molar-refractivity contribution in [2.24, 2.45) is 5.73 Å². The van der Waals surface area contributed by atoms with Crippen molar-refractivity contribution in [3.05, 3.63) is 52.7 Å². The molecule has 0 atom stereocenters. The maximum absolute atomic E-state index is 12.7. The molecule has 0 aliphatic heterocycles. The lowest BCUT2D eigenvalue weighted by Gasteiger charge is -2.38. The summed E-state index contributed by atoms with van der Waals surface area (Å²) in [5, 5.41) is 0. The largest absolute Gasteiger partial charge is 0.332 e. The van der Waals surface area contributed by atoms with Gasteiger partial charge in [0.25, 0.3) is 0 Å². The molecular weight excluding hydrogens is 286 g/mol. The van der Waals surface area contributed by atoms with Gasteiger partial charge in [0.15, 0.2) is 0 Å². The maximum atomic E-state index is 12.7. The Hall–Kier alpha value is -1.81. The van der Waals surface area contributed by atoms with E-state index in [1.807, 2.05) is 38.4 Å². The van der Waals surface area contributed by atoms with E-state index in [9.17, 15) is 4.79 Å². The minimum Gasteiger partial charge on any atom is -0.330 e. The molecule has 0 amide bonds. The van der Waals surface area contributed by atoms with Crippen LogP contribution >= 0.6 is 0 Å². The third-order valence-electron chi connectivity index (χ3n) is 5.30. The number of nitrogens with two attached hydrogens (primary N) is 1. The van der Waals surface area contributed by atoms with Gasteiger partial charge in [-0.3, -0.25) is 9.13 Å². The fourth-order valence-corrected chi connectivity index (χ4v) is 3.91. The molecule has 0 bridgehead atoms. The normalized spacial score (nSPS) is 17.6. The summed E-state index contributed by atoms with van der Waals surface area (Å²) >= 11 is 0. The van der Waals surface area contributed by atoms with Crippen molar-refractivity contribution in [2.75, 3.05) is 6.54 Å². The van der Waals surface area contributed by atoms with Gasteiger partial charge in [0, 0.05) is 30.4 Å². The molecule has 1 saturated carbocycles. The van der Waals surface area contributed by atoms with Crippen LogP contribution in [-0.2, 0) is 5.41 Å². The fraction of sp³-hybridized carbons (Fsp3) is 0.526. The number of hydrogen-bond donors (Lipinski definition) is 1. The quantitative estimate of drug-likeness (QED) is 0.941. The monoisotopic (exact) mass is 313 g/mol. The van der Waals surface area contributed by atoms with E-state index in [1.165, 1.54) is 24.8 Å². The minimum atomic E-state index is 0.00815. The van der Waals surface area contributed by atoms with E-state index >= 15 is 0 Å². The fourth-order valence-electron chi connectivity index (χ4n) is 3.91. The molecule has 23 heavy (non-hydrogen) atoms. The molecule has 1 heterocycles. The molecule has 1 fully saturated rings. The van der Waals surface area contributed by atoms with E-state index in [-0.39, 0.29) is 17.1 Å². The maximum Gasteiger partial charge on any atom is 0.332 e. The number of benzene rings is 1. The van der Waals surface area contributed by atoms with Crippen LogP contribution in [0.2, 0.25) is 0 Å². The molecular formula is C19H27N3O. The number of hydrogen-bond acceptors (Lipinski definition) is 2. The number of nitrogens with zero attached hydrogens (tertiary/aromatic N) is 2. The van der Waals surface area contributed by atoms with Crippen LogP contribution in [0.1, 0.15) is 57.6 Å². The van der Waals surface area contributed by atoms with Gasteiger partial charge in [-0.1, -0.05) is 37.5 Å². The number of aromatic nitrogens is 2. The molecule has 1 aromatic heterocycles. The van der Waals surface area contributed by atoms with Crippen LogP contribution in [0.15, 0.2) is 41.5 Å². The summed E-state index contributed by atoms with van der Waals surface area (Å²) in [5.41, 5.74) is 8.47. The molecule has 1 aliphatic carbocycles. The van der Waals surface area contributed by atoms with Crippen molar-refractivity contribution in [1.29, 1.82) is 0 Å². The molecule has 0 saturated heterocycles. The lowest BCUT2D eigenvalue weighted by atomic mass is 9.69. The molecule has 0 spiro atoms. The van der Waals surface area contributed by atoms with Crippen molar-refractivity contribution < 1.29 is 0 Å². The van der Waals surface area contributed by atoms with Gasteiger partial charge < -0.3 is 5.73 Å². The third kappa shape index (κ3) is 2.76. The number of imidazole rings is 1. The van der Waals surface area contributed by atoms with Crippen LogP contribution in [0.25, 0.3) is 5.69 Å². The lowest BCUT2D eigenvalue weighted by Crippen LogP contribution is -2.38. The highest BCUT2D eigenvalue weighted by Crippen LogP contribution is 2.40. The first-order chi connectivity index (χ1) is 11.1. The number of para-hydroxylation sites is 1. The molecule has 3 rings (SSSR count). The smallest absolute Gasteiger partial charge is 0.330 e. The van der Waals surface area contributed by atoms with E-state index in [4.69, 9.17) is 5.73 Å². The highest BCUT2D eigenvalue weighted by atomic mass is 16.1. The van der Waals surface area contributed by atoms with E-state index < -0.39 is 0 Å². The van der Waals surface area contributed by atoms with Crippen LogP contribution in [0.3, 0.4) is 0 Å². The average Bonchev–Trinajstić information content (AvgIpc) is 2.97. The first-order valence-electron chi connectivity index (χ1n) is 8.68. The lowest BCUT2D eigenvalue weighted by molar-refractivity contribution is 0.300. The van der Waals surface area contributed by atoms with Gasteiger partial charge in [0.1, 0.15) is 0 Å². The van der Waals surface area contributed by atoms with Gasteiger partial charge in [-0.25, -0.2) is 4.79 Å². The van der Waals surface area contributed by atoms with Crippen LogP contribution in [0.4, 0.5) is 0 Å². The van der Waals surface area contributed by atoms with E-state index in [1.54, 1.807) is 9.13 Å². The average molecular weight is 313 g/mol. The molecule has 124 valence electrons. The van der Waals surface area contributed by atoms with Gasteiger partial charge in [-0.15, -0.1) is 0 Å². The van der Waals surface area contributed by atoms with Gasteiger partial charge in [0.2, 0.25) is 0 Å². The van der Waals surface area contributed by atoms with E-state index in [0.29, 0.717) is 6.54 Å². The van der Waals surface area contributed by atoms with Gasteiger partial charge >= 0.3 is 5.69 Å². The molecule has 4 heteroatoms.